The van der Waals surface area contributed by atoms with Crippen molar-refractivity contribution < 1.29 is 4.74 Å². The summed E-state index contributed by atoms with van der Waals surface area (Å²) in [6, 6.07) is 4.22. The summed E-state index contributed by atoms with van der Waals surface area (Å²) in [5.74, 6) is 3.05. The molecule has 0 aliphatic carbocycles. The number of anilines is 2. The van der Waals surface area contributed by atoms with Gasteiger partial charge in [-0.2, -0.15) is 10.1 Å². The Kier molecular flexibility index (Phi) is 3.62. The van der Waals surface area contributed by atoms with Crippen molar-refractivity contribution in [2.75, 3.05) is 36.5 Å². The zero-order valence-corrected chi connectivity index (χ0v) is 14.7. The minimum Gasteiger partial charge on any atom is -0.481 e. The number of aromatic nitrogens is 5. The summed E-state index contributed by atoms with van der Waals surface area (Å²) in [6.07, 6.45) is 9.65. The largest absolute Gasteiger partial charge is 0.481 e. The molecule has 134 valence electrons. The standard InChI is InChI=1S/C18H21N7O/c1-26-16-3-6-20-18(22-16)23-9-4-13-5-10-24(15(13)12-23)17-14-2-7-21-25(14)11-8-19-17/h2-3,6-8,11,13,15H,4-5,9-10,12H2,1H3. The molecule has 2 atom stereocenters. The normalized spacial score (nSPS) is 22.7. The van der Waals surface area contributed by atoms with Crippen LogP contribution in [0.1, 0.15) is 12.8 Å². The molecule has 2 fully saturated rings. The molecule has 0 saturated carbocycles. The topological polar surface area (TPSA) is 71.7 Å². The quantitative estimate of drug-likeness (QED) is 0.710. The van der Waals surface area contributed by atoms with Crippen LogP contribution in [0.5, 0.6) is 5.88 Å². The van der Waals surface area contributed by atoms with Gasteiger partial charge in [0, 0.05) is 44.3 Å². The monoisotopic (exact) mass is 351 g/mol. The van der Waals surface area contributed by atoms with Crippen LogP contribution >= 0.6 is 0 Å². The third-order valence-corrected chi connectivity index (χ3v) is 5.55. The van der Waals surface area contributed by atoms with Gasteiger partial charge < -0.3 is 14.5 Å². The predicted molar refractivity (Wildman–Crippen MR) is 97.6 cm³/mol. The van der Waals surface area contributed by atoms with Crippen molar-refractivity contribution in [3.63, 3.8) is 0 Å². The lowest BCUT2D eigenvalue weighted by Gasteiger charge is -2.38. The van der Waals surface area contributed by atoms with Crippen molar-refractivity contribution in [2.45, 2.75) is 18.9 Å². The van der Waals surface area contributed by atoms with Gasteiger partial charge in [-0.3, -0.25) is 0 Å². The number of hydrogen-bond donors (Lipinski definition) is 0. The Bertz CT molecular complexity index is 927. The molecule has 2 aliphatic heterocycles. The van der Waals surface area contributed by atoms with E-state index in [0.717, 1.165) is 43.3 Å². The van der Waals surface area contributed by atoms with Crippen molar-refractivity contribution >= 4 is 17.3 Å². The van der Waals surface area contributed by atoms with Gasteiger partial charge in [0.2, 0.25) is 11.8 Å². The van der Waals surface area contributed by atoms with Crippen molar-refractivity contribution in [1.29, 1.82) is 0 Å². The minimum absolute atomic E-state index is 0.409. The van der Waals surface area contributed by atoms with Gasteiger partial charge in [-0.25, -0.2) is 14.5 Å². The van der Waals surface area contributed by atoms with Crippen LogP contribution in [-0.2, 0) is 0 Å². The molecule has 3 aromatic heterocycles. The summed E-state index contributed by atoms with van der Waals surface area (Å²) in [5, 5.41) is 4.34. The minimum atomic E-state index is 0.409. The van der Waals surface area contributed by atoms with E-state index in [9.17, 15) is 0 Å². The Hall–Kier alpha value is -2.90. The van der Waals surface area contributed by atoms with Crippen LogP contribution in [-0.4, -0.2) is 57.4 Å². The van der Waals surface area contributed by atoms with E-state index in [1.807, 2.05) is 29.2 Å². The molecule has 3 aromatic rings. The Balaban J connectivity index is 1.45. The molecule has 26 heavy (non-hydrogen) atoms. The van der Waals surface area contributed by atoms with E-state index >= 15 is 0 Å². The molecule has 0 bridgehead atoms. The number of rotatable bonds is 3. The predicted octanol–water partition coefficient (Wildman–Crippen LogP) is 1.63. The fourth-order valence-electron chi connectivity index (χ4n) is 4.25. The maximum absolute atomic E-state index is 5.25. The van der Waals surface area contributed by atoms with Gasteiger partial charge in [0.05, 0.1) is 19.3 Å². The van der Waals surface area contributed by atoms with Gasteiger partial charge in [-0.05, 0) is 24.8 Å². The van der Waals surface area contributed by atoms with Crippen LogP contribution in [0.4, 0.5) is 11.8 Å². The van der Waals surface area contributed by atoms with Gasteiger partial charge in [0.25, 0.3) is 0 Å². The van der Waals surface area contributed by atoms with Crippen molar-refractivity contribution in [3.05, 3.63) is 36.9 Å². The van der Waals surface area contributed by atoms with E-state index in [4.69, 9.17) is 4.74 Å². The molecule has 5 rings (SSSR count). The molecule has 0 N–H and O–H groups in total. The third-order valence-electron chi connectivity index (χ3n) is 5.55. The van der Waals surface area contributed by atoms with Crippen molar-refractivity contribution in [1.82, 2.24) is 24.6 Å². The fraction of sp³-hybridized carbons (Fsp3) is 0.444. The first-order chi connectivity index (χ1) is 12.8. The first-order valence-electron chi connectivity index (χ1n) is 9.00. The Morgan fingerprint density at radius 1 is 1.08 bits per heavy atom. The van der Waals surface area contributed by atoms with Crippen molar-refractivity contribution in [3.8, 4) is 5.88 Å². The molecule has 0 aromatic carbocycles. The van der Waals surface area contributed by atoms with E-state index < -0.39 is 0 Å². The second kappa shape index (κ2) is 6.12. The zero-order chi connectivity index (χ0) is 17.5. The number of nitrogens with zero attached hydrogens (tertiary/aromatic N) is 7. The highest BCUT2D eigenvalue weighted by atomic mass is 16.5. The average molecular weight is 351 g/mol. The molecule has 0 amide bonds. The maximum Gasteiger partial charge on any atom is 0.228 e. The SMILES string of the molecule is COc1ccnc(N2CCC3CCN(c4nccn5nccc45)C3C2)n1. The molecule has 0 radical (unpaired) electrons. The van der Waals surface area contributed by atoms with Crippen LogP contribution < -0.4 is 14.5 Å². The molecule has 8 heteroatoms. The number of hydrogen-bond acceptors (Lipinski definition) is 7. The lowest BCUT2D eigenvalue weighted by Crippen LogP contribution is -2.49. The van der Waals surface area contributed by atoms with Crippen LogP contribution in [0.3, 0.4) is 0 Å². The lowest BCUT2D eigenvalue weighted by atomic mass is 9.92. The van der Waals surface area contributed by atoms with Crippen LogP contribution in [0.25, 0.3) is 5.52 Å². The Labute approximate surface area is 151 Å². The summed E-state index contributed by atoms with van der Waals surface area (Å²) in [5.41, 5.74) is 1.06. The fourth-order valence-corrected chi connectivity index (χ4v) is 4.25. The smallest absolute Gasteiger partial charge is 0.228 e. The van der Waals surface area contributed by atoms with Gasteiger partial charge in [0.1, 0.15) is 5.52 Å². The lowest BCUT2D eigenvalue weighted by molar-refractivity contribution is 0.379. The van der Waals surface area contributed by atoms with Gasteiger partial charge >= 0.3 is 0 Å². The van der Waals surface area contributed by atoms with Crippen LogP contribution in [0.15, 0.2) is 36.9 Å². The second-order valence-electron chi connectivity index (χ2n) is 6.86. The maximum atomic E-state index is 5.25. The summed E-state index contributed by atoms with van der Waals surface area (Å²) < 4.78 is 7.14. The van der Waals surface area contributed by atoms with E-state index in [1.54, 1.807) is 19.4 Å². The molecular formula is C18H21N7O. The summed E-state index contributed by atoms with van der Waals surface area (Å²) in [7, 11) is 1.63. The molecule has 5 heterocycles. The molecule has 2 saturated heterocycles. The van der Waals surface area contributed by atoms with E-state index in [2.05, 4.69) is 29.9 Å². The molecule has 0 spiro atoms. The van der Waals surface area contributed by atoms with Gasteiger partial charge in [-0.1, -0.05) is 0 Å². The second-order valence-corrected chi connectivity index (χ2v) is 6.86. The highest BCUT2D eigenvalue weighted by Crippen LogP contribution is 2.36. The Morgan fingerprint density at radius 3 is 2.92 bits per heavy atom. The third kappa shape index (κ3) is 2.44. The highest BCUT2D eigenvalue weighted by Gasteiger charge is 2.40. The number of methoxy groups -OCH3 is 1. The van der Waals surface area contributed by atoms with E-state index in [1.165, 1.54) is 6.42 Å². The van der Waals surface area contributed by atoms with Gasteiger partial charge in [-0.15, -0.1) is 0 Å². The van der Waals surface area contributed by atoms with Crippen LogP contribution in [0.2, 0.25) is 0 Å². The highest BCUT2D eigenvalue weighted by molar-refractivity contribution is 5.69. The van der Waals surface area contributed by atoms with E-state index in [-0.39, 0.29) is 0 Å². The van der Waals surface area contributed by atoms with Crippen molar-refractivity contribution in [2.24, 2.45) is 5.92 Å². The zero-order valence-electron chi connectivity index (χ0n) is 14.7. The first-order valence-corrected chi connectivity index (χ1v) is 9.00. The summed E-state index contributed by atoms with van der Waals surface area (Å²) >= 11 is 0. The number of piperidine rings is 1. The van der Waals surface area contributed by atoms with E-state index in [0.29, 0.717) is 17.8 Å². The van der Waals surface area contributed by atoms with Crippen LogP contribution in [0, 0.1) is 5.92 Å². The molecule has 2 unspecified atom stereocenters. The molecule has 8 nitrogen and oxygen atoms in total. The molecular weight excluding hydrogens is 330 g/mol. The summed E-state index contributed by atoms with van der Waals surface area (Å²) in [6.45, 7) is 2.90. The number of ether oxygens (including phenoxy) is 1. The molecule has 2 aliphatic rings. The van der Waals surface area contributed by atoms with Gasteiger partial charge in [0.15, 0.2) is 5.82 Å². The Morgan fingerprint density at radius 2 is 2.00 bits per heavy atom. The number of fused-ring (bicyclic) bond motifs is 2. The first kappa shape index (κ1) is 15.4. The average Bonchev–Trinajstić information content (AvgIpc) is 3.34. The summed E-state index contributed by atoms with van der Waals surface area (Å²) in [4.78, 5) is 18.3.